The summed E-state index contributed by atoms with van der Waals surface area (Å²) >= 11 is 0. The molecular formula is C13H17NO3. The Kier molecular flexibility index (Phi) is 4.26. The average molecular weight is 235 g/mol. The Morgan fingerprint density at radius 3 is 2.65 bits per heavy atom. The second kappa shape index (κ2) is 5.48. The minimum atomic E-state index is -0.597. The van der Waals surface area contributed by atoms with Crippen molar-refractivity contribution in [3.05, 3.63) is 29.8 Å². The van der Waals surface area contributed by atoms with Crippen LogP contribution in [0.2, 0.25) is 0 Å². The number of ether oxygens (including phenoxy) is 2. The standard InChI is InChI=1S/C13H17NO3/c1-13(2,3)17-12(15)14-9-10-6-5-7-11(8-10)16-4/h5-9H,1-4H3/b14-9+. The lowest BCUT2D eigenvalue weighted by molar-refractivity contribution is 0.0605. The van der Waals surface area contributed by atoms with Gasteiger partial charge in [0.1, 0.15) is 11.4 Å². The lowest BCUT2D eigenvalue weighted by Crippen LogP contribution is -2.21. The number of aliphatic imine (C=N–C) groups is 1. The summed E-state index contributed by atoms with van der Waals surface area (Å²) in [6, 6.07) is 7.27. The lowest BCUT2D eigenvalue weighted by Gasteiger charge is -2.17. The van der Waals surface area contributed by atoms with Gasteiger partial charge in [0.15, 0.2) is 0 Å². The summed E-state index contributed by atoms with van der Waals surface area (Å²) in [6.07, 6.45) is 0.858. The molecule has 0 fully saturated rings. The predicted octanol–water partition coefficient (Wildman–Crippen LogP) is 3.05. The van der Waals surface area contributed by atoms with E-state index >= 15 is 0 Å². The number of hydrogen-bond donors (Lipinski definition) is 0. The molecule has 0 radical (unpaired) electrons. The van der Waals surface area contributed by atoms with Crippen LogP contribution in [0.5, 0.6) is 5.75 Å². The van der Waals surface area contributed by atoms with Crippen molar-refractivity contribution in [3.63, 3.8) is 0 Å². The minimum Gasteiger partial charge on any atom is -0.497 e. The third kappa shape index (κ3) is 5.15. The molecule has 92 valence electrons. The minimum absolute atomic E-state index is 0.525. The Morgan fingerprint density at radius 2 is 2.06 bits per heavy atom. The molecule has 0 heterocycles. The van der Waals surface area contributed by atoms with Gasteiger partial charge < -0.3 is 9.47 Å². The number of nitrogens with zero attached hydrogens (tertiary/aromatic N) is 1. The molecule has 0 bridgehead atoms. The largest absolute Gasteiger partial charge is 0.497 e. The third-order valence-electron chi connectivity index (χ3n) is 1.81. The van der Waals surface area contributed by atoms with Crippen LogP contribution < -0.4 is 4.74 Å². The Morgan fingerprint density at radius 1 is 1.35 bits per heavy atom. The SMILES string of the molecule is COc1cccc(/C=N/C(=O)OC(C)(C)C)c1. The van der Waals surface area contributed by atoms with Crippen molar-refractivity contribution in [3.8, 4) is 5.75 Å². The first-order chi connectivity index (χ1) is 7.90. The van der Waals surface area contributed by atoms with E-state index in [9.17, 15) is 4.79 Å². The monoisotopic (exact) mass is 235 g/mol. The zero-order valence-electron chi connectivity index (χ0n) is 10.6. The first kappa shape index (κ1) is 13.2. The highest BCUT2D eigenvalue weighted by Gasteiger charge is 2.14. The molecular weight excluding hydrogens is 218 g/mol. The summed E-state index contributed by atoms with van der Waals surface area (Å²) in [5.41, 5.74) is 0.262. The van der Waals surface area contributed by atoms with E-state index in [1.807, 2.05) is 18.2 Å². The van der Waals surface area contributed by atoms with Crippen molar-refractivity contribution in [1.29, 1.82) is 0 Å². The second-order valence-electron chi connectivity index (χ2n) is 4.52. The Balaban J connectivity index is 2.67. The number of carbonyl (C=O) groups is 1. The Hall–Kier alpha value is -1.84. The molecule has 0 spiro atoms. The molecule has 1 rings (SSSR count). The van der Waals surface area contributed by atoms with Crippen molar-refractivity contribution >= 4 is 12.3 Å². The molecule has 4 heteroatoms. The van der Waals surface area contributed by atoms with E-state index in [0.29, 0.717) is 0 Å². The van der Waals surface area contributed by atoms with E-state index in [1.165, 1.54) is 6.21 Å². The fourth-order valence-electron chi connectivity index (χ4n) is 1.14. The van der Waals surface area contributed by atoms with Crippen LogP contribution in [0, 0.1) is 0 Å². The van der Waals surface area contributed by atoms with E-state index in [-0.39, 0.29) is 0 Å². The average Bonchev–Trinajstić information content (AvgIpc) is 2.24. The molecule has 1 amide bonds. The smallest absolute Gasteiger partial charge is 0.434 e. The van der Waals surface area contributed by atoms with Gasteiger partial charge in [-0.1, -0.05) is 12.1 Å². The fraction of sp³-hybridized carbons (Fsp3) is 0.385. The molecule has 0 aliphatic heterocycles. The first-order valence-electron chi connectivity index (χ1n) is 5.32. The number of hydrogen-bond acceptors (Lipinski definition) is 3. The van der Waals surface area contributed by atoms with Gasteiger partial charge in [-0.2, -0.15) is 4.99 Å². The van der Waals surface area contributed by atoms with E-state index in [2.05, 4.69) is 4.99 Å². The van der Waals surface area contributed by atoms with Crippen molar-refractivity contribution in [2.45, 2.75) is 26.4 Å². The van der Waals surface area contributed by atoms with Crippen LogP contribution in [0.3, 0.4) is 0 Å². The summed E-state index contributed by atoms with van der Waals surface area (Å²) in [6.45, 7) is 5.39. The van der Waals surface area contributed by atoms with Crippen LogP contribution in [0.4, 0.5) is 4.79 Å². The van der Waals surface area contributed by atoms with Crippen LogP contribution in [-0.2, 0) is 4.74 Å². The normalized spacial score (nSPS) is 11.5. The van der Waals surface area contributed by atoms with Gasteiger partial charge in [0.2, 0.25) is 0 Å². The highest BCUT2D eigenvalue weighted by Crippen LogP contribution is 2.11. The van der Waals surface area contributed by atoms with E-state index in [4.69, 9.17) is 9.47 Å². The molecule has 17 heavy (non-hydrogen) atoms. The summed E-state index contributed by atoms with van der Waals surface area (Å²) in [7, 11) is 1.59. The Bertz CT molecular complexity index is 419. The van der Waals surface area contributed by atoms with Crippen molar-refractivity contribution < 1.29 is 14.3 Å². The number of benzene rings is 1. The predicted molar refractivity (Wildman–Crippen MR) is 66.8 cm³/mol. The lowest BCUT2D eigenvalue weighted by atomic mass is 10.2. The molecule has 0 atom stereocenters. The summed E-state index contributed by atoms with van der Waals surface area (Å²) in [5, 5.41) is 0. The van der Waals surface area contributed by atoms with E-state index in [0.717, 1.165) is 11.3 Å². The van der Waals surface area contributed by atoms with Gasteiger partial charge >= 0.3 is 6.09 Å². The molecule has 0 aromatic heterocycles. The first-order valence-corrected chi connectivity index (χ1v) is 5.32. The number of rotatable bonds is 2. The van der Waals surface area contributed by atoms with Crippen molar-refractivity contribution in [2.75, 3.05) is 7.11 Å². The van der Waals surface area contributed by atoms with Crippen LogP contribution >= 0.6 is 0 Å². The molecule has 4 nitrogen and oxygen atoms in total. The van der Waals surface area contributed by atoms with Crippen LogP contribution in [0.25, 0.3) is 0 Å². The summed E-state index contributed by atoms with van der Waals surface area (Å²) in [4.78, 5) is 15.0. The van der Waals surface area contributed by atoms with Crippen LogP contribution in [0.1, 0.15) is 26.3 Å². The van der Waals surface area contributed by atoms with Crippen LogP contribution in [0.15, 0.2) is 29.3 Å². The van der Waals surface area contributed by atoms with Gasteiger partial charge in [0.25, 0.3) is 0 Å². The van der Waals surface area contributed by atoms with Crippen molar-refractivity contribution in [1.82, 2.24) is 0 Å². The number of carbonyl (C=O) groups excluding carboxylic acids is 1. The van der Waals surface area contributed by atoms with Gasteiger partial charge in [0, 0.05) is 6.21 Å². The zero-order valence-corrected chi connectivity index (χ0v) is 10.6. The quantitative estimate of drug-likeness (QED) is 0.740. The van der Waals surface area contributed by atoms with Gasteiger partial charge in [-0.25, -0.2) is 4.79 Å². The molecule has 0 N–H and O–H groups in total. The maximum absolute atomic E-state index is 11.3. The number of amides is 1. The second-order valence-corrected chi connectivity index (χ2v) is 4.52. The van der Waals surface area contributed by atoms with E-state index in [1.54, 1.807) is 33.9 Å². The molecule has 0 unspecified atom stereocenters. The topological polar surface area (TPSA) is 47.9 Å². The number of methoxy groups -OCH3 is 1. The van der Waals surface area contributed by atoms with Crippen LogP contribution in [-0.4, -0.2) is 25.0 Å². The molecule has 0 saturated carbocycles. The van der Waals surface area contributed by atoms with Crippen molar-refractivity contribution in [2.24, 2.45) is 4.99 Å². The molecule has 0 saturated heterocycles. The summed E-state index contributed by atoms with van der Waals surface area (Å²) in [5.74, 6) is 0.720. The molecule has 0 aliphatic rings. The summed E-state index contributed by atoms with van der Waals surface area (Å²) < 4.78 is 10.1. The maximum Gasteiger partial charge on any atom is 0.434 e. The molecule has 1 aromatic rings. The van der Waals surface area contributed by atoms with E-state index < -0.39 is 11.7 Å². The zero-order chi connectivity index (χ0) is 12.9. The fourth-order valence-corrected chi connectivity index (χ4v) is 1.14. The van der Waals surface area contributed by atoms with Gasteiger partial charge in [0.05, 0.1) is 7.11 Å². The third-order valence-corrected chi connectivity index (χ3v) is 1.81. The van der Waals surface area contributed by atoms with Gasteiger partial charge in [-0.05, 0) is 38.5 Å². The highest BCUT2D eigenvalue weighted by molar-refractivity contribution is 5.89. The maximum atomic E-state index is 11.3. The van der Waals surface area contributed by atoms with Gasteiger partial charge in [-0.3, -0.25) is 0 Å². The molecule has 0 aliphatic carbocycles. The Labute approximate surface area is 101 Å². The molecule has 1 aromatic carbocycles. The highest BCUT2D eigenvalue weighted by atomic mass is 16.6. The van der Waals surface area contributed by atoms with Gasteiger partial charge in [-0.15, -0.1) is 0 Å².